The molecule has 1 fully saturated rings. The lowest BCUT2D eigenvalue weighted by Crippen LogP contribution is -2.45. The van der Waals surface area contributed by atoms with Crippen LogP contribution in [0.25, 0.3) is 0 Å². The molecule has 0 spiro atoms. The molecule has 1 aliphatic heterocycles. The number of hydrogen-bond acceptors (Lipinski definition) is 7. The third kappa shape index (κ3) is 7.36. The summed E-state index contributed by atoms with van der Waals surface area (Å²) in [4.78, 5) is 35.0. The lowest BCUT2D eigenvalue weighted by Gasteiger charge is -2.29. The highest BCUT2D eigenvalue weighted by molar-refractivity contribution is 7.12. The lowest BCUT2D eigenvalue weighted by atomic mass is 10.1. The zero-order valence-electron chi connectivity index (χ0n) is 22.5. The maximum Gasteiger partial charge on any atom is 0.264 e. The van der Waals surface area contributed by atoms with Crippen molar-refractivity contribution < 1.29 is 19.1 Å². The highest BCUT2D eigenvalue weighted by Crippen LogP contribution is 2.28. The van der Waals surface area contributed by atoms with Gasteiger partial charge >= 0.3 is 0 Å². The van der Waals surface area contributed by atoms with Gasteiger partial charge in [0.1, 0.15) is 6.54 Å². The fraction of sp³-hybridized carbons (Fsp3) is 0.448. The van der Waals surface area contributed by atoms with E-state index < -0.39 is 0 Å². The van der Waals surface area contributed by atoms with Gasteiger partial charge in [0, 0.05) is 24.5 Å². The summed E-state index contributed by atoms with van der Waals surface area (Å²) in [7, 11) is 3.24. The Morgan fingerprint density at radius 2 is 1.74 bits per heavy atom. The lowest BCUT2D eigenvalue weighted by molar-refractivity contribution is -0.132. The van der Waals surface area contributed by atoms with E-state index in [9.17, 15) is 9.59 Å². The van der Waals surface area contributed by atoms with Gasteiger partial charge in [-0.3, -0.25) is 9.59 Å². The van der Waals surface area contributed by atoms with E-state index in [1.54, 1.807) is 30.5 Å². The van der Waals surface area contributed by atoms with Gasteiger partial charge in [-0.1, -0.05) is 12.1 Å². The van der Waals surface area contributed by atoms with Gasteiger partial charge in [0.25, 0.3) is 5.91 Å². The van der Waals surface area contributed by atoms with Crippen LogP contribution in [0.3, 0.4) is 0 Å². The molecule has 0 aliphatic carbocycles. The van der Waals surface area contributed by atoms with Crippen LogP contribution in [0.4, 0.5) is 0 Å². The van der Waals surface area contributed by atoms with Gasteiger partial charge < -0.3 is 24.2 Å². The summed E-state index contributed by atoms with van der Waals surface area (Å²) in [6.07, 6.45) is 3.06. The van der Waals surface area contributed by atoms with Gasteiger partial charge in [0.15, 0.2) is 11.5 Å². The topological polar surface area (TPSA) is 62.3 Å². The molecule has 0 N–H and O–H groups in total. The molecule has 0 radical (unpaired) electrons. The molecule has 1 aliphatic rings. The van der Waals surface area contributed by atoms with E-state index in [0.717, 1.165) is 25.2 Å². The van der Waals surface area contributed by atoms with Crippen molar-refractivity contribution in [2.45, 2.75) is 32.7 Å². The number of carbonyl (C=O) groups excluding carboxylic acids is 2. The van der Waals surface area contributed by atoms with Crippen LogP contribution in [0.15, 0.2) is 47.2 Å². The van der Waals surface area contributed by atoms with Crippen molar-refractivity contribution in [2.24, 2.45) is 0 Å². The number of methoxy groups -OCH3 is 2. The van der Waals surface area contributed by atoms with Crippen LogP contribution in [0, 0.1) is 6.92 Å². The average Bonchev–Trinajstić information content (AvgIpc) is 3.72. The Morgan fingerprint density at radius 1 is 0.947 bits per heavy atom. The molecule has 9 heteroatoms. The minimum absolute atomic E-state index is 0.0374. The van der Waals surface area contributed by atoms with Gasteiger partial charge in [-0.15, -0.1) is 22.7 Å². The largest absolute Gasteiger partial charge is 0.493 e. The number of nitrogens with zero attached hydrogens (tertiary/aromatic N) is 3. The van der Waals surface area contributed by atoms with Gasteiger partial charge in [-0.2, -0.15) is 0 Å². The Bertz CT molecular complexity index is 1190. The van der Waals surface area contributed by atoms with E-state index in [1.807, 2.05) is 40.6 Å². The molecule has 204 valence electrons. The first kappa shape index (κ1) is 28.1. The Morgan fingerprint density at radius 3 is 2.39 bits per heavy atom. The average molecular weight is 556 g/mol. The highest BCUT2D eigenvalue weighted by Gasteiger charge is 2.25. The number of hydrogen-bond donors (Lipinski definition) is 0. The minimum Gasteiger partial charge on any atom is -0.493 e. The summed E-state index contributed by atoms with van der Waals surface area (Å²) in [5, 5.41) is 3.97. The van der Waals surface area contributed by atoms with Crippen molar-refractivity contribution >= 4 is 34.5 Å². The second-order valence-electron chi connectivity index (χ2n) is 9.53. The first-order chi connectivity index (χ1) is 18.5. The van der Waals surface area contributed by atoms with Crippen molar-refractivity contribution in [1.82, 2.24) is 14.7 Å². The van der Waals surface area contributed by atoms with Crippen molar-refractivity contribution in [3.8, 4) is 11.5 Å². The predicted octanol–water partition coefficient (Wildman–Crippen LogP) is 4.94. The summed E-state index contributed by atoms with van der Waals surface area (Å²) >= 11 is 3.08. The van der Waals surface area contributed by atoms with Crippen molar-refractivity contribution in [3.63, 3.8) is 0 Å². The number of ether oxygens (including phenoxy) is 2. The first-order valence-corrected chi connectivity index (χ1v) is 14.8. The standard InChI is InChI=1S/C29H37N3O4S2/c1-22-11-18-38-27(22)20-31(14-10-23-8-9-24(35-2)25(19-23)36-3)28(33)21-32(16-15-30-12-4-5-13-30)29(34)26-7-6-17-37-26/h6-9,11,17-19H,4-5,10,12-16,20-21H2,1-3H3. The zero-order valence-corrected chi connectivity index (χ0v) is 24.1. The number of benzene rings is 1. The maximum absolute atomic E-state index is 13.8. The number of aryl methyl sites for hydroxylation is 1. The monoisotopic (exact) mass is 555 g/mol. The van der Waals surface area contributed by atoms with E-state index in [4.69, 9.17) is 9.47 Å². The van der Waals surface area contributed by atoms with Gasteiger partial charge in [0.2, 0.25) is 5.91 Å². The molecule has 1 aromatic carbocycles. The summed E-state index contributed by atoms with van der Waals surface area (Å²) in [6, 6.07) is 11.7. The van der Waals surface area contributed by atoms with E-state index in [0.29, 0.717) is 42.4 Å². The van der Waals surface area contributed by atoms with Gasteiger partial charge in [-0.25, -0.2) is 0 Å². The quantitative estimate of drug-likeness (QED) is 0.299. The third-order valence-corrected chi connectivity index (χ3v) is 8.87. The second-order valence-corrected chi connectivity index (χ2v) is 11.5. The van der Waals surface area contributed by atoms with Crippen LogP contribution < -0.4 is 9.47 Å². The van der Waals surface area contributed by atoms with Crippen LogP contribution in [0.2, 0.25) is 0 Å². The second kappa shape index (κ2) is 13.8. The molecule has 3 heterocycles. The van der Waals surface area contributed by atoms with Crippen molar-refractivity contribution in [3.05, 3.63) is 68.0 Å². The van der Waals surface area contributed by atoms with Crippen LogP contribution in [0.1, 0.15) is 38.5 Å². The Hall–Kier alpha value is -2.88. The normalized spacial score (nSPS) is 13.4. The number of carbonyl (C=O) groups is 2. The fourth-order valence-electron chi connectivity index (χ4n) is 4.67. The molecule has 0 unspecified atom stereocenters. The summed E-state index contributed by atoms with van der Waals surface area (Å²) in [5.41, 5.74) is 2.24. The van der Waals surface area contributed by atoms with Crippen molar-refractivity contribution in [1.29, 1.82) is 0 Å². The molecule has 38 heavy (non-hydrogen) atoms. The highest BCUT2D eigenvalue weighted by atomic mass is 32.1. The zero-order chi connectivity index (χ0) is 26.9. The maximum atomic E-state index is 13.8. The summed E-state index contributed by atoms with van der Waals surface area (Å²) < 4.78 is 10.8. The van der Waals surface area contributed by atoms with Crippen LogP contribution in [-0.2, 0) is 17.8 Å². The molecule has 0 saturated carbocycles. The third-order valence-electron chi connectivity index (χ3n) is 7.00. The predicted molar refractivity (Wildman–Crippen MR) is 154 cm³/mol. The molecule has 2 amide bonds. The Balaban J connectivity index is 1.49. The molecule has 0 bridgehead atoms. The minimum atomic E-state index is -0.0697. The summed E-state index contributed by atoms with van der Waals surface area (Å²) in [5.74, 6) is 1.25. The first-order valence-electron chi connectivity index (χ1n) is 13.0. The number of amides is 2. The number of rotatable bonds is 13. The van der Waals surface area contributed by atoms with Crippen molar-refractivity contribution in [2.75, 3.05) is 53.5 Å². The SMILES string of the molecule is COc1ccc(CCN(Cc2sccc2C)C(=O)CN(CCN2CCCC2)C(=O)c2cccs2)cc1OC. The Labute approximate surface area is 233 Å². The van der Waals surface area contributed by atoms with Crippen LogP contribution in [-0.4, -0.2) is 80.0 Å². The number of thiophene rings is 2. The number of likely N-dealkylation sites (tertiary alicyclic amines) is 1. The molecule has 2 aromatic heterocycles. The molecule has 4 rings (SSSR count). The molecule has 0 atom stereocenters. The molecule has 7 nitrogen and oxygen atoms in total. The van der Waals surface area contributed by atoms with Crippen LogP contribution >= 0.6 is 22.7 Å². The summed E-state index contributed by atoms with van der Waals surface area (Å²) in [6.45, 7) is 6.67. The van der Waals surface area contributed by atoms with Gasteiger partial charge in [0.05, 0.1) is 25.6 Å². The smallest absolute Gasteiger partial charge is 0.264 e. The van der Waals surface area contributed by atoms with Gasteiger partial charge in [-0.05, 0) is 85.4 Å². The van der Waals surface area contributed by atoms with E-state index in [-0.39, 0.29) is 18.4 Å². The molecular weight excluding hydrogens is 518 g/mol. The Kier molecular flexibility index (Phi) is 10.2. The van der Waals surface area contributed by atoms with E-state index in [1.165, 1.54) is 34.6 Å². The van der Waals surface area contributed by atoms with Crippen LogP contribution in [0.5, 0.6) is 11.5 Å². The molecule has 1 saturated heterocycles. The molecule has 3 aromatic rings. The molecular formula is C29H37N3O4S2. The fourth-order valence-corrected chi connectivity index (χ4v) is 6.28. The van der Waals surface area contributed by atoms with E-state index >= 15 is 0 Å². The van der Waals surface area contributed by atoms with E-state index in [2.05, 4.69) is 23.3 Å².